The third kappa shape index (κ3) is 2.53. The van der Waals surface area contributed by atoms with Crippen LogP contribution in [0.25, 0.3) is 0 Å². The van der Waals surface area contributed by atoms with Gasteiger partial charge in [0.25, 0.3) is 0 Å². The minimum Gasteiger partial charge on any atom is -0.545 e. The zero-order valence-corrected chi connectivity index (χ0v) is 14.0. The lowest BCUT2D eigenvalue weighted by molar-refractivity contribution is -0.255. The molecule has 1 aliphatic heterocycles. The lowest BCUT2D eigenvalue weighted by Crippen LogP contribution is -2.30. The second-order valence-electron chi connectivity index (χ2n) is 6.87. The summed E-state index contributed by atoms with van der Waals surface area (Å²) in [6.07, 6.45) is 5.41. The van der Waals surface area contributed by atoms with Crippen molar-refractivity contribution >= 4 is 11.7 Å². The van der Waals surface area contributed by atoms with Gasteiger partial charge < -0.3 is 20.3 Å². The van der Waals surface area contributed by atoms with Crippen LogP contribution in [0.2, 0.25) is 0 Å². The first-order valence-corrected chi connectivity index (χ1v) is 8.58. The molecule has 4 heteroatoms. The number of aliphatic hydroxyl groups excluding tert-OH is 1. The van der Waals surface area contributed by atoms with Crippen LogP contribution in [0.15, 0.2) is 48.6 Å². The van der Waals surface area contributed by atoms with Gasteiger partial charge in [0.15, 0.2) is 0 Å². The van der Waals surface area contributed by atoms with Gasteiger partial charge in [0.2, 0.25) is 0 Å². The molecule has 0 spiro atoms. The molecule has 0 saturated heterocycles. The topological polar surface area (TPSA) is 72.4 Å². The van der Waals surface area contributed by atoms with Gasteiger partial charge >= 0.3 is 0 Å². The highest BCUT2D eigenvalue weighted by atomic mass is 16.4. The summed E-state index contributed by atoms with van der Waals surface area (Å²) in [7, 11) is 0. The van der Waals surface area contributed by atoms with Crippen LogP contribution < -0.4 is 10.4 Å². The number of aliphatic hydroxyl groups is 1. The van der Waals surface area contributed by atoms with Crippen LogP contribution >= 0.6 is 0 Å². The van der Waals surface area contributed by atoms with Crippen molar-refractivity contribution in [1.29, 1.82) is 0 Å². The fraction of sp³-hybridized carbons (Fsp3) is 0.286. The van der Waals surface area contributed by atoms with Gasteiger partial charge in [0, 0.05) is 11.6 Å². The number of rotatable bonds is 3. The molecule has 2 N–H and O–H groups in total. The quantitative estimate of drug-likeness (QED) is 0.847. The molecule has 0 unspecified atom stereocenters. The Labute approximate surface area is 146 Å². The van der Waals surface area contributed by atoms with Crippen LogP contribution in [-0.2, 0) is 6.61 Å². The molecule has 3 atom stereocenters. The number of benzene rings is 2. The molecule has 2 aromatic rings. The fourth-order valence-electron chi connectivity index (χ4n) is 4.23. The third-order valence-electron chi connectivity index (χ3n) is 5.49. The Balaban J connectivity index is 1.78. The van der Waals surface area contributed by atoms with Crippen LogP contribution in [0.4, 0.5) is 5.69 Å². The molecule has 25 heavy (non-hydrogen) atoms. The van der Waals surface area contributed by atoms with E-state index in [1.807, 2.05) is 24.3 Å². The van der Waals surface area contributed by atoms with Gasteiger partial charge in [0.05, 0.1) is 18.6 Å². The molecule has 1 heterocycles. The van der Waals surface area contributed by atoms with Crippen molar-refractivity contribution < 1.29 is 15.0 Å². The lowest BCUT2D eigenvalue weighted by Gasteiger charge is -2.39. The number of hydrogen-bond acceptors (Lipinski definition) is 4. The number of carbonyl (C=O) groups excluding carboxylic acids is 1. The monoisotopic (exact) mass is 334 g/mol. The maximum atomic E-state index is 11.0. The summed E-state index contributed by atoms with van der Waals surface area (Å²) in [4.78, 5) is 11.0. The highest BCUT2D eigenvalue weighted by molar-refractivity contribution is 5.85. The molecule has 0 amide bonds. The van der Waals surface area contributed by atoms with Crippen LogP contribution in [-0.4, -0.2) is 11.1 Å². The van der Waals surface area contributed by atoms with Gasteiger partial charge in [0.1, 0.15) is 0 Å². The molecule has 2 aromatic carbocycles. The molecule has 0 bridgehead atoms. The van der Waals surface area contributed by atoms with Crippen molar-refractivity contribution in [3.63, 3.8) is 0 Å². The average molecular weight is 334 g/mol. The van der Waals surface area contributed by atoms with E-state index in [1.165, 1.54) is 5.56 Å². The summed E-state index contributed by atoms with van der Waals surface area (Å²) in [5.41, 5.74) is 5.68. The van der Waals surface area contributed by atoms with E-state index in [1.54, 1.807) is 12.1 Å². The van der Waals surface area contributed by atoms with E-state index in [0.29, 0.717) is 5.92 Å². The standard InChI is InChI=1S/C21H21NO3/c1-12-5-6-15(11-23)18-16-3-2-4-17(16)20(22-19(12)18)13-7-9-14(10-8-13)21(24)25/h2-3,5-10,16-17,20,22-23H,4,11H2,1H3,(H,24,25)/p-1/t16-,17-,20-/m1/s1. The summed E-state index contributed by atoms with van der Waals surface area (Å²) in [6.45, 7) is 2.11. The SMILES string of the molecule is Cc1ccc(CO)c2c1N[C@H](c1ccc(C(=O)[O-])cc1)[C@@H]1CC=C[C@@H]21. The van der Waals surface area contributed by atoms with E-state index >= 15 is 0 Å². The molecule has 0 fully saturated rings. The molecule has 0 aromatic heterocycles. The second kappa shape index (κ2) is 6.05. The highest BCUT2D eigenvalue weighted by Crippen LogP contribution is 2.51. The van der Waals surface area contributed by atoms with Crippen LogP contribution in [0, 0.1) is 12.8 Å². The predicted octanol–water partition coefficient (Wildman–Crippen LogP) is 2.68. The number of nitrogens with one attached hydrogen (secondary N) is 1. The first-order valence-electron chi connectivity index (χ1n) is 8.58. The van der Waals surface area contributed by atoms with Gasteiger partial charge in [-0.05, 0) is 47.1 Å². The van der Waals surface area contributed by atoms with Crippen molar-refractivity contribution in [3.05, 3.63) is 76.4 Å². The number of anilines is 1. The maximum absolute atomic E-state index is 11.0. The van der Waals surface area contributed by atoms with Gasteiger partial charge in [-0.1, -0.05) is 48.6 Å². The van der Waals surface area contributed by atoms with Crippen LogP contribution in [0.1, 0.15) is 51.0 Å². The molecule has 4 nitrogen and oxygen atoms in total. The van der Waals surface area contributed by atoms with E-state index in [2.05, 4.69) is 24.4 Å². The highest BCUT2D eigenvalue weighted by Gasteiger charge is 2.39. The largest absolute Gasteiger partial charge is 0.545 e. The molecular formula is C21H20NO3-. The molecule has 4 rings (SSSR count). The zero-order valence-electron chi connectivity index (χ0n) is 14.0. The van der Waals surface area contributed by atoms with E-state index in [-0.39, 0.29) is 24.1 Å². The number of carboxylic acid groups (broad SMARTS) is 1. The van der Waals surface area contributed by atoms with Crippen LogP contribution in [0.3, 0.4) is 0 Å². The number of allylic oxidation sites excluding steroid dienone is 2. The van der Waals surface area contributed by atoms with E-state index in [9.17, 15) is 15.0 Å². The summed E-state index contributed by atoms with van der Waals surface area (Å²) in [6, 6.07) is 11.1. The molecule has 0 saturated carbocycles. The Morgan fingerprint density at radius 1 is 1.24 bits per heavy atom. The number of hydrogen-bond donors (Lipinski definition) is 2. The Morgan fingerprint density at radius 2 is 2.00 bits per heavy atom. The van der Waals surface area contributed by atoms with Crippen molar-refractivity contribution in [2.45, 2.75) is 31.9 Å². The van der Waals surface area contributed by atoms with E-state index in [0.717, 1.165) is 28.8 Å². The molecule has 1 aliphatic carbocycles. The minimum absolute atomic E-state index is 0.0341. The van der Waals surface area contributed by atoms with E-state index in [4.69, 9.17) is 0 Å². The lowest BCUT2D eigenvalue weighted by atomic mass is 9.75. The van der Waals surface area contributed by atoms with Gasteiger partial charge in [-0.15, -0.1) is 0 Å². The van der Waals surface area contributed by atoms with Crippen molar-refractivity contribution in [2.75, 3.05) is 5.32 Å². The van der Waals surface area contributed by atoms with Crippen LogP contribution in [0.5, 0.6) is 0 Å². The summed E-state index contributed by atoms with van der Waals surface area (Å²) in [5, 5.41) is 24.4. The zero-order chi connectivity index (χ0) is 17.6. The Morgan fingerprint density at radius 3 is 2.68 bits per heavy atom. The fourth-order valence-corrected chi connectivity index (χ4v) is 4.23. The molecule has 0 radical (unpaired) electrons. The summed E-state index contributed by atoms with van der Waals surface area (Å²) < 4.78 is 0. The van der Waals surface area contributed by atoms with Crippen molar-refractivity contribution in [1.82, 2.24) is 0 Å². The normalized spacial score (nSPS) is 23.7. The molecular weight excluding hydrogens is 314 g/mol. The van der Waals surface area contributed by atoms with Crippen molar-refractivity contribution in [3.8, 4) is 0 Å². The molecule has 2 aliphatic rings. The number of carbonyl (C=O) groups is 1. The smallest absolute Gasteiger partial charge is 0.0715 e. The van der Waals surface area contributed by atoms with Gasteiger partial charge in [-0.2, -0.15) is 0 Å². The van der Waals surface area contributed by atoms with Gasteiger partial charge in [-0.25, -0.2) is 0 Å². The number of aryl methyl sites for hydroxylation is 1. The first-order chi connectivity index (χ1) is 12.1. The summed E-state index contributed by atoms with van der Waals surface area (Å²) >= 11 is 0. The Bertz CT molecular complexity index is 854. The first kappa shape index (κ1) is 15.9. The Hall–Kier alpha value is -2.59. The number of aromatic carboxylic acids is 1. The minimum atomic E-state index is -1.16. The second-order valence-corrected chi connectivity index (χ2v) is 6.87. The Kier molecular flexibility index (Phi) is 3.85. The average Bonchev–Trinajstić information content (AvgIpc) is 3.11. The van der Waals surface area contributed by atoms with Gasteiger partial charge in [-0.3, -0.25) is 0 Å². The summed E-state index contributed by atoms with van der Waals surface area (Å²) in [5.74, 6) is -0.533. The maximum Gasteiger partial charge on any atom is 0.0715 e. The molecule has 128 valence electrons. The number of fused-ring (bicyclic) bond motifs is 3. The predicted molar refractivity (Wildman–Crippen MR) is 94.2 cm³/mol. The third-order valence-corrected chi connectivity index (χ3v) is 5.49. The number of carboxylic acids is 1. The van der Waals surface area contributed by atoms with E-state index < -0.39 is 5.97 Å². The van der Waals surface area contributed by atoms with Crippen molar-refractivity contribution in [2.24, 2.45) is 5.92 Å².